The van der Waals surface area contributed by atoms with Gasteiger partial charge in [0, 0.05) is 13.1 Å². The van der Waals surface area contributed by atoms with Gasteiger partial charge in [-0.2, -0.15) is 0 Å². The molecule has 1 aromatic heterocycles. The third kappa shape index (κ3) is 5.94. The molecule has 0 fully saturated rings. The summed E-state index contributed by atoms with van der Waals surface area (Å²) in [6.07, 6.45) is 4.22. The van der Waals surface area contributed by atoms with Crippen molar-refractivity contribution >= 4 is 0 Å². The highest BCUT2D eigenvalue weighted by molar-refractivity contribution is 5.11. The van der Waals surface area contributed by atoms with Crippen molar-refractivity contribution in [3.63, 3.8) is 0 Å². The molecule has 1 aromatic rings. The summed E-state index contributed by atoms with van der Waals surface area (Å²) in [5.41, 5.74) is 2.26. The van der Waals surface area contributed by atoms with Gasteiger partial charge in [0.05, 0.1) is 11.4 Å². The van der Waals surface area contributed by atoms with Crippen LogP contribution in [0.25, 0.3) is 0 Å². The SMILES string of the molecule is C=CCCCN(C)Cc1cccc(CNCC)n1. The van der Waals surface area contributed by atoms with Crippen LogP contribution in [-0.4, -0.2) is 30.0 Å². The van der Waals surface area contributed by atoms with Crippen LogP contribution in [0.3, 0.4) is 0 Å². The average molecular weight is 247 g/mol. The molecule has 100 valence electrons. The van der Waals surface area contributed by atoms with Gasteiger partial charge in [-0.3, -0.25) is 4.98 Å². The lowest BCUT2D eigenvalue weighted by Crippen LogP contribution is -2.20. The molecule has 0 aliphatic heterocycles. The fraction of sp³-hybridized carbons (Fsp3) is 0.533. The molecule has 1 N–H and O–H groups in total. The predicted molar refractivity (Wildman–Crippen MR) is 77.4 cm³/mol. The van der Waals surface area contributed by atoms with Crippen LogP contribution >= 0.6 is 0 Å². The maximum absolute atomic E-state index is 4.65. The molecule has 1 heterocycles. The lowest BCUT2D eigenvalue weighted by molar-refractivity contribution is 0.319. The zero-order chi connectivity index (χ0) is 13.2. The molecule has 0 aliphatic carbocycles. The van der Waals surface area contributed by atoms with Crippen LogP contribution in [0.2, 0.25) is 0 Å². The van der Waals surface area contributed by atoms with E-state index >= 15 is 0 Å². The van der Waals surface area contributed by atoms with Crippen molar-refractivity contribution in [1.82, 2.24) is 15.2 Å². The Morgan fingerprint density at radius 2 is 2.17 bits per heavy atom. The normalized spacial score (nSPS) is 10.8. The standard InChI is InChI=1S/C15H25N3/c1-4-6-7-11-18(3)13-15-10-8-9-14(17-15)12-16-5-2/h4,8-10,16H,1,5-7,11-13H2,2-3H3. The second kappa shape index (κ2) is 8.84. The van der Waals surface area contributed by atoms with Crippen molar-refractivity contribution in [2.75, 3.05) is 20.1 Å². The van der Waals surface area contributed by atoms with Crippen LogP contribution in [0.1, 0.15) is 31.2 Å². The smallest absolute Gasteiger partial charge is 0.0547 e. The number of aromatic nitrogens is 1. The zero-order valence-electron chi connectivity index (χ0n) is 11.7. The molecule has 0 atom stereocenters. The molecule has 3 heteroatoms. The Balaban J connectivity index is 2.42. The number of pyridine rings is 1. The van der Waals surface area contributed by atoms with Crippen LogP contribution in [-0.2, 0) is 13.1 Å². The third-order valence-corrected chi connectivity index (χ3v) is 2.80. The van der Waals surface area contributed by atoms with Crippen LogP contribution in [0.5, 0.6) is 0 Å². The van der Waals surface area contributed by atoms with Crippen molar-refractivity contribution in [2.24, 2.45) is 0 Å². The molecule has 0 amide bonds. The van der Waals surface area contributed by atoms with Crippen LogP contribution in [0.4, 0.5) is 0 Å². The highest BCUT2D eigenvalue weighted by atomic mass is 15.1. The summed E-state index contributed by atoms with van der Waals surface area (Å²) in [5, 5.41) is 3.30. The van der Waals surface area contributed by atoms with Crippen molar-refractivity contribution < 1.29 is 0 Å². The van der Waals surface area contributed by atoms with Gasteiger partial charge in [-0.1, -0.05) is 19.1 Å². The summed E-state index contributed by atoms with van der Waals surface area (Å²) in [6.45, 7) is 9.69. The molecule has 0 unspecified atom stereocenters. The van der Waals surface area contributed by atoms with Crippen molar-refractivity contribution in [1.29, 1.82) is 0 Å². The number of hydrogen-bond acceptors (Lipinski definition) is 3. The number of hydrogen-bond donors (Lipinski definition) is 1. The number of allylic oxidation sites excluding steroid dienone is 1. The maximum Gasteiger partial charge on any atom is 0.0547 e. The second-order valence-electron chi connectivity index (χ2n) is 4.57. The number of nitrogens with zero attached hydrogens (tertiary/aromatic N) is 2. The first-order valence-electron chi connectivity index (χ1n) is 6.71. The van der Waals surface area contributed by atoms with Gasteiger partial charge in [-0.25, -0.2) is 0 Å². The van der Waals surface area contributed by atoms with E-state index in [9.17, 15) is 0 Å². The third-order valence-electron chi connectivity index (χ3n) is 2.80. The van der Waals surface area contributed by atoms with Crippen molar-refractivity contribution in [3.05, 3.63) is 42.2 Å². The topological polar surface area (TPSA) is 28.2 Å². The monoisotopic (exact) mass is 247 g/mol. The molecule has 0 bridgehead atoms. The second-order valence-corrected chi connectivity index (χ2v) is 4.57. The molecule has 18 heavy (non-hydrogen) atoms. The zero-order valence-corrected chi connectivity index (χ0v) is 11.7. The summed E-state index contributed by atoms with van der Waals surface area (Å²) in [4.78, 5) is 6.96. The number of nitrogens with one attached hydrogen (secondary N) is 1. The Labute approximate surface area is 111 Å². The molecule has 3 nitrogen and oxygen atoms in total. The van der Waals surface area contributed by atoms with E-state index in [1.807, 2.05) is 6.08 Å². The van der Waals surface area contributed by atoms with Crippen LogP contribution in [0, 0.1) is 0 Å². The minimum absolute atomic E-state index is 0.852. The summed E-state index contributed by atoms with van der Waals surface area (Å²) in [5.74, 6) is 0. The number of unbranched alkanes of at least 4 members (excludes halogenated alkanes) is 1. The predicted octanol–water partition coefficient (Wildman–Crippen LogP) is 2.59. The summed E-state index contributed by atoms with van der Waals surface area (Å²) < 4.78 is 0. The lowest BCUT2D eigenvalue weighted by Gasteiger charge is -2.16. The minimum Gasteiger partial charge on any atom is -0.311 e. The van der Waals surface area contributed by atoms with Crippen LogP contribution < -0.4 is 5.32 Å². The van der Waals surface area contributed by atoms with E-state index in [-0.39, 0.29) is 0 Å². The summed E-state index contributed by atoms with van der Waals surface area (Å²) in [7, 11) is 2.14. The van der Waals surface area contributed by atoms with E-state index in [2.05, 4.69) is 54.0 Å². The van der Waals surface area contributed by atoms with Gasteiger partial charge in [0.15, 0.2) is 0 Å². The highest BCUT2D eigenvalue weighted by Gasteiger charge is 2.02. The lowest BCUT2D eigenvalue weighted by atomic mass is 10.2. The summed E-state index contributed by atoms with van der Waals surface area (Å²) in [6, 6.07) is 6.26. The largest absolute Gasteiger partial charge is 0.311 e. The quantitative estimate of drug-likeness (QED) is 0.537. The van der Waals surface area contributed by atoms with Gasteiger partial charge in [0.2, 0.25) is 0 Å². The van der Waals surface area contributed by atoms with E-state index in [0.717, 1.165) is 50.4 Å². The Morgan fingerprint density at radius 3 is 2.89 bits per heavy atom. The molecule has 0 aromatic carbocycles. The van der Waals surface area contributed by atoms with Gasteiger partial charge in [-0.05, 0) is 45.1 Å². The minimum atomic E-state index is 0.852. The van der Waals surface area contributed by atoms with Gasteiger partial charge < -0.3 is 10.2 Å². The molecule has 0 saturated heterocycles. The molecular formula is C15H25N3. The van der Waals surface area contributed by atoms with Gasteiger partial charge in [0.25, 0.3) is 0 Å². The Bertz CT molecular complexity index is 349. The summed E-state index contributed by atoms with van der Waals surface area (Å²) >= 11 is 0. The van der Waals surface area contributed by atoms with E-state index in [0.29, 0.717) is 0 Å². The first kappa shape index (κ1) is 14.9. The highest BCUT2D eigenvalue weighted by Crippen LogP contribution is 2.04. The molecule has 1 rings (SSSR count). The van der Waals surface area contributed by atoms with Crippen molar-refractivity contribution in [2.45, 2.75) is 32.9 Å². The maximum atomic E-state index is 4.65. The van der Waals surface area contributed by atoms with Gasteiger partial charge in [0.1, 0.15) is 0 Å². The fourth-order valence-corrected chi connectivity index (χ4v) is 1.83. The fourth-order valence-electron chi connectivity index (χ4n) is 1.83. The Kier molecular flexibility index (Phi) is 7.30. The van der Waals surface area contributed by atoms with Crippen LogP contribution in [0.15, 0.2) is 30.9 Å². The Morgan fingerprint density at radius 1 is 1.39 bits per heavy atom. The first-order valence-corrected chi connectivity index (χ1v) is 6.71. The van der Waals surface area contributed by atoms with Crippen molar-refractivity contribution in [3.8, 4) is 0 Å². The molecule has 0 saturated carbocycles. The Hall–Kier alpha value is -1.19. The molecular weight excluding hydrogens is 222 g/mol. The van der Waals surface area contributed by atoms with E-state index < -0.39 is 0 Å². The molecule has 0 aliphatic rings. The van der Waals surface area contributed by atoms with E-state index in [1.54, 1.807) is 0 Å². The van der Waals surface area contributed by atoms with E-state index in [1.165, 1.54) is 0 Å². The van der Waals surface area contributed by atoms with Gasteiger partial charge in [-0.15, -0.1) is 6.58 Å². The average Bonchev–Trinajstić information content (AvgIpc) is 2.37. The molecule has 0 spiro atoms. The number of rotatable bonds is 9. The first-order chi connectivity index (χ1) is 8.76. The van der Waals surface area contributed by atoms with E-state index in [4.69, 9.17) is 0 Å². The van der Waals surface area contributed by atoms with Gasteiger partial charge >= 0.3 is 0 Å². The molecule has 0 radical (unpaired) electrons.